The van der Waals surface area contributed by atoms with E-state index in [2.05, 4.69) is 14.8 Å². The minimum atomic E-state index is 0.558. The van der Waals surface area contributed by atoms with Gasteiger partial charge in [0.15, 0.2) is 0 Å². The summed E-state index contributed by atoms with van der Waals surface area (Å²) < 4.78 is 0. The molecule has 4 nitrogen and oxygen atoms in total. The summed E-state index contributed by atoms with van der Waals surface area (Å²) in [6.45, 7) is 4.69. The van der Waals surface area contributed by atoms with Crippen molar-refractivity contribution in [2.24, 2.45) is 0 Å². The van der Waals surface area contributed by atoms with Crippen molar-refractivity contribution < 1.29 is 0 Å². The fourth-order valence-electron chi connectivity index (χ4n) is 3.52. The van der Waals surface area contributed by atoms with Crippen molar-refractivity contribution in [2.75, 3.05) is 31.1 Å². The number of fused-ring (bicyclic) bond motifs is 1. The molecular weight excluding hydrogens is 272 g/mol. The molecule has 1 aromatic heterocycles. The van der Waals surface area contributed by atoms with E-state index in [0.29, 0.717) is 17.1 Å². The van der Waals surface area contributed by atoms with E-state index < -0.39 is 0 Å². The molecule has 108 valence electrons. The van der Waals surface area contributed by atoms with E-state index in [-0.39, 0.29) is 0 Å². The first-order valence-electron chi connectivity index (χ1n) is 7.83. The third-order valence-corrected chi connectivity index (χ3v) is 4.96. The van der Waals surface area contributed by atoms with Crippen molar-refractivity contribution in [2.45, 2.75) is 44.1 Å². The van der Waals surface area contributed by atoms with Gasteiger partial charge in [0.2, 0.25) is 0 Å². The molecule has 5 heteroatoms. The predicted octanol–water partition coefficient (Wildman–Crippen LogP) is 2.68. The summed E-state index contributed by atoms with van der Waals surface area (Å²) >= 11 is 6.20. The van der Waals surface area contributed by atoms with Crippen molar-refractivity contribution in [3.05, 3.63) is 17.0 Å². The van der Waals surface area contributed by atoms with E-state index in [0.717, 1.165) is 24.7 Å². The Morgan fingerprint density at radius 2 is 1.90 bits per heavy atom. The smallest absolute Gasteiger partial charge is 0.135 e. The highest BCUT2D eigenvalue weighted by Crippen LogP contribution is 2.39. The van der Waals surface area contributed by atoms with Crippen molar-refractivity contribution in [1.29, 1.82) is 0 Å². The SMILES string of the molecule is Clc1cc(N2CCCN3CCCC3C2)nc(C2CC2)n1. The van der Waals surface area contributed by atoms with Gasteiger partial charge in [-0.1, -0.05) is 11.6 Å². The van der Waals surface area contributed by atoms with Crippen molar-refractivity contribution in [3.8, 4) is 0 Å². The number of aromatic nitrogens is 2. The van der Waals surface area contributed by atoms with Crippen LogP contribution in [0.5, 0.6) is 0 Å². The van der Waals surface area contributed by atoms with Crippen LogP contribution in [0.15, 0.2) is 6.07 Å². The lowest BCUT2D eigenvalue weighted by Gasteiger charge is -2.26. The van der Waals surface area contributed by atoms with Gasteiger partial charge in [0, 0.05) is 37.7 Å². The number of rotatable bonds is 2. The molecule has 1 unspecified atom stereocenters. The van der Waals surface area contributed by atoms with Crippen LogP contribution in [0.1, 0.15) is 43.8 Å². The zero-order valence-electron chi connectivity index (χ0n) is 11.8. The Balaban J connectivity index is 1.59. The minimum absolute atomic E-state index is 0.558. The first-order chi connectivity index (χ1) is 9.79. The van der Waals surface area contributed by atoms with Gasteiger partial charge < -0.3 is 4.90 Å². The molecule has 1 aromatic rings. The van der Waals surface area contributed by atoms with Crippen LogP contribution in [0, 0.1) is 0 Å². The number of hydrogen-bond donors (Lipinski definition) is 0. The summed E-state index contributed by atoms with van der Waals surface area (Å²) in [5.74, 6) is 2.56. The Kier molecular flexibility index (Phi) is 3.31. The number of hydrogen-bond acceptors (Lipinski definition) is 4. The maximum atomic E-state index is 6.20. The molecule has 3 heterocycles. The summed E-state index contributed by atoms with van der Waals surface area (Å²) in [6.07, 6.45) is 6.32. The molecule has 0 radical (unpaired) electrons. The molecule has 0 amide bonds. The quantitative estimate of drug-likeness (QED) is 0.785. The van der Waals surface area contributed by atoms with Crippen LogP contribution >= 0.6 is 11.6 Å². The molecule has 1 atom stereocenters. The summed E-state index contributed by atoms with van der Waals surface area (Å²) in [5, 5.41) is 0.601. The molecule has 1 aliphatic carbocycles. The Labute approximate surface area is 125 Å². The fraction of sp³-hybridized carbons (Fsp3) is 0.733. The monoisotopic (exact) mass is 292 g/mol. The highest BCUT2D eigenvalue weighted by atomic mass is 35.5. The highest BCUT2D eigenvalue weighted by molar-refractivity contribution is 6.29. The number of anilines is 1. The molecule has 1 saturated carbocycles. The summed E-state index contributed by atoms with van der Waals surface area (Å²) in [5.41, 5.74) is 0. The maximum absolute atomic E-state index is 6.20. The van der Waals surface area contributed by atoms with E-state index >= 15 is 0 Å². The molecule has 0 aromatic carbocycles. The lowest BCUT2D eigenvalue weighted by atomic mass is 10.2. The molecule has 0 bridgehead atoms. The lowest BCUT2D eigenvalue weighted by Crippen LogP contribution is -2.37. The molecule has 0 spiro atoms. The molecule has 3 aliphatic rings. The van der Waals surface area contributed by atoms with Crippen LogP contribution in [0.2, 0.25) is 5.15 Å². The molecule has 20 heavy (non-hydrogen) atoms. The summed E-state index contributed by atoms with van der Waals surface area (Å²) in [7, 11) is 0. The molecule has 3 fully saturated rings. The first-order valence-corrected chi connectivity index (χ1v) is 8.21. The van der Waals surface area contributed by atoms with E-state index in [1.807, 2.05) is 6.07 Å². The largest absolute Gasteiger partial charge is 0.355 e. The van der Waals surface area contributed by atoms with Crippen LogP contribution < -0.4 is 4.90 Å². The van der Waals surface area contributed by atoms with Crippen LogP contribution in [0.3, 0.4) is 0 Å². The van der Waals surface area contributed by atoms with Crippen LogP contribution in [-0.4, -0.2) is 47.1 Å². The van der Waals surface area contributed by atoms with Gasteiger partial charge in [0.1, 0.15) is 16.8 Å². The van der Waals surface area contributed by atoms with E-state index in [9.17, 15) is 0 Å². The predicted molar refractivity (Wildman–Crippen MR) is 80.4 cm³/mol. The topological polar surface area (TPSA) is 32.3 Å². The zero-order chi connectivity index (χ0) is 13.5. The molecule has 4 rings (SSSR count). The zero-order valence-corrected chi connectivity index (χ0v) is 12.5. The second kappa shape index (κ2) is 5.15. The second-order valence-electron chi connectivity index (χ2n) is 6.31. The average Bonchev–Trinajstić information content (AvgIpc) is 3.23. The minimum Gasteiger partial charge on any atom is -0.355 e. The highest BCUT2D eigenvalue weighted by Gasteiger charge is 2.31. The Bertz CT molecular complexity index is 503. The third kappa shape index (κ3) is 2.51. The van der Waals surface area contributed by atoms with Crippen LogP contribution in [-0.2, 0) is 0 Å². The number of nitrogens with zero attached hydrogens (tertiary/aromatic N) is 4. The van der Waals surface area contributed by atoms with Gasteiger partial charge in [0.25, 0.3) is 0 Å². The maximum Gasteiger partial charge on any atom is 0.135 e. The Hall–Kier alpha value is -0.870. The average molecular weight is 293 g/mol. The second-order valence-corrected chi connectivity index (χ2v) is 6.70. The standard InChI is InChI=1S/C15H21ClN4/c16-13-9-14(18-15(17-13)11-4-5-11)20-8-2-7-19-6-1-3-12(19)10-20/h9,11-12H,1-8,10H2. The lowest BCUT2D eigenvalue weighted by molar-refractivity contribution is 0.273. The van der Waals surface area contributed by atoms with Crippen LogP contribution in [0.25, 0.3) is 0 Å². The van der Waals surface area contributed by atoms with Crippen LogP contribution in [0.4, 0.5) is 5.82 Å². The van der Waals surface area contributed by atoms with Gasteiger partial charge >= 0.3 is 0 Å². The van der Waals surface area contributed by atoms with E-state index in [4.69, 9.17) is 16.6 Å². The van der Waals surface area contributed by atoms with Crippen molar-refractivity contribution in [3.63, 3.8) is 0 Å². The Morgan fingerprint density at radius 1 is 1.05 bits per heavy atom. The van der Waals surface area contributed by atoms with Gasteiger partial charge in [-0.05, 0) is 38.6 Å². The summed E-state index contributed by atoms with van der Waals surface area (Å²) in [4.78, 5) is 14.3. The molecule has 2 saturated heterocycles. The number of halogens is 1. The van der Waals surface area contributed by atoms with Gasteiger partial charge in [-0.25, -0.2) is 9.97 Å². The van der Waals surface area contributed by atoms with Gasteiger partial charge in [-0.3, -0.25) is 4.90 Å². The van der Waals surface area contributed by atoms with Gasteiger partial charge in [-0.2, -0.15) is 0 Å². The van der Waals surface area contributed by atoms with Gasteiger partial charge in [0.05, 0.1) is 0 Å². The fourth-order valence-corrected chi connectivity index (χ4v) is 3.71. The summed E-state index contributed by atoms with van der Waals surface area (Å²) in [6, 6.07) is 2.65. The van der Waals surface area contributed by atoms with Crippen molar-refractivity contribution in [1.82, 2.24) is 14.9 Å². The molecular formula is C15H21ClN4. The Morgan fingerprint density at radius 3 is 2.75 bits per heavy atom. The molecule has 2 aliphatic heterocycles. The first kappa shape index (κ1) is 12.8. The van der Waals surface area contributed by atoms with E-state index in [1.54, 1.807) is 0 Å². The van der Waals surface area contributed by atoms with E-state index in [1.165, 1.54) is 45.2 Å². The third-order valence-electron chi connectivity index (χ3n) is 4.77. The normalized spacial score (nSPS) is 27.4. The molecule has 0 N–H and O–H groups in total. The van der Waals surface area contributed by atoms with Gasteiger partial charge in [-0.15, -0.1) is 0 Å². The van der Waals surface area contributed by atoms with Crippen molar-refractivity contribution >= 4 is 17.4 Å².